The van der Waals surface area contributed by atoms with Crippen LogP contribution in [0, 0.1) is 23.0 Å². The lowest BCUT2D eigenvalue weighted by atomic mass is 9.94. The van der Waals surface area contributed by atoms with Gasteiger partial charge in [0.05, 0.1) is 29.3 Å². The van der Waals surface area contributed by atoms with Crippen LogP contribution in [0.1, 0.15) is 89.5 Å². The molecular formula is C59H67ClF2N12O7. The van der Waals surface area contributed by atoms with Crippen LogP contribution in [0.2, 0.25) is 5.02 Å². The van der Waals surface area contributed by atoms with Crippen molar-refractivity contribution >= 4 is 68.4 Å². The SMILES string of the molecule is CCc1c(F)ccc2cc(OCOC)cc(-c3ncc4c(N5CCCn6nc(C(=O)N(C)C)c(Cl)c6C5)nc(OCC5(CN6CCC(CN7CCN(c8ccc9c(c8)CN([C@H]8CCC(=O)NC8=O)C9=O)CC7)CC6)CC5)nc4c3F)c12. The zero-order valence-electron chi connectivity index (χ0n) is 46.2. The number of likely N-dealkylation sites (tertiary alicyclic amines) is 1. The van der Waals surface area contributed by atoms with Gasteiger partial charge in [-0.2, -0.15) is 15.1 Å². The first-order valence-electron chi connectivity index (χ1n) is 28.2. The zero-order valence-corrected chi connectivity index (χ0v) is 47.0. The van der Waals surface area contributed by atoms with Crippen molar-refractivity contribution in [3.05, 3.63) is 93.4 Å². The van der Waals surface area contributed by atoms with E-state index in [0.29, 0.717) is 102 Å². The van der Waals surface area contributed by atoms with Crippen molar-refractivity contribution in [2.45, 2.75) is 84.0 Å². The van der Waals surface area contributed by atoms with Crippen LogP contribution in [0.15, 0.2) is 48.7 Å². The van der Waals surface area contributed by atoms with Crippen molar-refractivity contribution in [3.63, 3.8) is 0 Å². The Hall–Kier alpha value is -7.07. The molecule has 3 aromatic heterocycles. The number of imide groups is 1. The molecule has 0 unspecified atom stereocenters. The fourth-order valence-electron chi connectivity index (χ4n) is 12.6. The van der Waals surface area contributed by atoms with E-state index in [4.69, 9.17) is 40.8 Å². The maximum atomic E-state index is 17.8. The molecule has 1 aliphatic carbocycles. The van der Waals surface area contributed by atoms with Crippen LogP contribution >= 0.6 is 11.6 Å². The number of nitrogens with zero attached hydrogens (tertiary/aromatic N) is 11. The van der Waals surface area contributed by atoms with E-state index in [2.05, 4.69) is 31.2 Å². The number of hydrogen-bond donors (Lipinski definition) is 1. The van der Waals surface area contributed by atoms with Crippen LogP contribution in [-0.2, 0) is 40.4 Å². The van der Waals surface area contributed by atoms with Crippen molar-refractivity contribution < 1.29 is 42.2 Å². The summed E-state index contributed by atoms with van der Waals surface area (Å²) in [4.78, 5) is 77.9. The van der Waals surface area contributed by atoms with Crippen LogP contribution in [0.5, 0.6) is 11.8 Å². The predicted molar refractivity (Wildman–Crippen MR) is 300 cm³/mol. The second kappa shape index (κ2) is 22.4. The molecule has 3 saturated heterocycles. The van der Waals surface area contributed by atoms with Gasteiger partial charge in [0.15, 0.2) is 18.3 Å². The van der Waals surface area contributed by atoms with E-state index in [1.54, 1.807) is 48.1 Å². The van der Waals surface area contributed by atoms with E-state index in [0.717, 1.165) is 89.3 Å². The number of carbonyl (C=O) groups excluding carboxylic acids is 4. The lowest BCUT2D eigenvalue weighted by Gasteiger charge is -2.40. The molecule has 81 heavy (non-hydrogen) atoms. The number of piperazine rings is 1. The lowest BCUT2D eigenvalue weighted by molar-refractivity contribution is -0.136. The van der Waals surface area contributed by atoms with Crippen LogP contribution in [0.4, 0.5) is 20.3 Å². The topological polar surface area (TPSA) is 184 Å². The van der Waals surface area contributed by atoms with E-state index in [1.807, 2.05) is 24.0 Å². The van der Waals surface area contributed by atoms with E-state index >= 15 is 8.78 Å². The summed E-state index contributed by atoms with van der Waals surface area (Å²) in [7, 11) is 4.81. The number of hydrogen-bond acceptors (Lipinski definition) is 15. The minimum absolute atomic E-state index is 0.00696. The molecule has 1 saturated carbocycles. The zero-order chi connectivity index (χ0) is 56.3. The first-order valence-corrected chi connectivity index (χ1v) is 28.6. The maximum Gasteiger partial charge on any atom is 0.319 e. The second-order valence-electron chi connectivity index (χ2n) is 22.9. The Morgan fingerprint density at radius 2 is 1.69 bits per heavy atom. The summed E-state index contributed by atoms with van der Waals surface area (Å²) < 4.78 is 52.8. The largest absolute Gasteiger partial charge is 0.468 e. The number of piperidine rings is 2. The summed E-state index contributed by atoms with van der Waals surface area (Å²) in [5.74, 6) is -0.911. The van der Waals surface area contributed by atoms with Crippen molar-refractivity contribution in [2.24, 2.45) is 11.3 Å². The highest BCUT2D eigenvalue weighted by Crippen LogP contribution is 2.48. The van der Waals surface area contributed by atoms with E-state index < -0.39 is 23.6 Å². The molecule has 8 heterocycles. The Kier molecular flexibility index (Phi) is 15.0. The number of ether oxygens (including phenoxy) is 3. The first kappa shape index (κ1) is 54.5. The summed E-state index contributed by atoms with van der Waals surface area (Å²) >= 11 is 6.94. The molecule has 0 bridgehead atoms. The van der Waals surface area contributed by atoms with Gasteiger partial charge < -0.3 is 38.7 Å². The molecule has 19 nitrogen and oxygen atoms in total. The third-order valence-electron chi connectivity index (χ3n) is 17.3. The Balaban J connectivity index is 0.732. The standard InChI is InChI=1S/C59H67ClF2N12O7/c1-5-40-44(61)10-7-36-26-39(81-34-79-4)27-42(48(36)40)51-50(62)52-43(28-63-51)54(72-17-6-18-74-46(31-72)49(60)53(67-74)57(78)68(2)3)66-58(65-52)80-33-59(15-16-59)32-70-19-13-35(14-20-70)29-69-21-23-71(24-22-69)38-8-9-41-37(25-38)30-73(56(41)77)45-11-12-47(75)64-55(45)76/h7-10,25-28,35,45H,5-6,11-24,29-34H2,1-4H3,(H,64,75,76)/t45-/m0/s1. The highest BCUT2D eigenvalue weighted by molar-refractivity contribution is 6.34. The first-order chi connectivity index (χ1) is 39.2. The number of fused-ring (bicyclic) bond motifs is 4. The number of amides is 4. The minimum atomic E-state index is -0.723. The second-order valence-corrected chi connectivity index (χ2v) is 23.2. The molecule has 6 aromatic rings. The van der Waals surface area contributed by atoms with Gasteiger partial charge in [-0.25, -0.2) is 8.78 Å². The number of nitrogens with one attached hydrogen (secondary N) is 1. The van der Waals surface area contributed by atoms with Crippen molar-refractivity contribution in [2.75, 3.05) is 103 Å². The molecule has 426 valence electrons. The fraction of sp³-hybridized carbons (Fsp3) is 0.492. The number of halogens is 3. The molecular weight excluding hydrogens is 1060 g/mol. The molecule has 5 aliphatic heterocycles. The highest BCUT2D eigenvalue weighted by atomic mass is 35.5. The highest BCUT2D eigenvalue weighted by Gasteiger charge is 2.46. The molecule has 3 aromatic carbocycles. The van der Waals surface area contributed by atoms with Gasteiger partial charge in [0.1, 0.15) is 34.6 Å². The average Bonchev–Trinajstić information content (AvgIpc) is 4.29. The van der Waals surface area contributed by atoms with Crippen LogP contribution in [0.25, 0.3) is 32.9 Å². The molecule has 0 radical (unpaired) electrons. The van der Waals surface area contributed by atoms with Crippen LogP contribution < -0.4 is 24.6 Å². The Labute approximate surface area is 473 Å². The molecule has 12 rings (SSSR count). The molecule has 1 atom stereocenters. The molecule has 22 heteroatoms. The van der Waals surface area contributed by atoms with Gasteiger partial charge in [0.2, 0.25) is 11.8 Å². The molecule has 4 fully saturated rings. The fourth-order valence-corrected chi connectivity index (χ4v) is 12.9. The van der Waals surface area contributed by atoms with Gasteiger partial charge >= 0.3 is 6.01 Å². The van der Waals surface area contributed by atoms with Gasteiger partial charge in [-0.05, 0) is 122 Å². The normalized spacial score (nSPS) is 19.7. The monoisotopic (exact) mass is 1130 g/mol. The number of anilines is 2. The molecule has 4 amide bonds. The number of benzene rings is 3. The Morgan fingerprint density at radius 3 is 2.43 bits per heavy atom. The van der Waals surface area contributed by atoms with Crippen molar-refractivity contribution in [1.82, 2.24) is 49.6 Å². The number of rotatable bonds is 16. The quantitative estimate of drug-likeness (QED) is 0.0766. The number of aryl methyl sites for hydroxylation is 2. The summed E-state index contributed by atoms with van der Waals surface area (Å²) in [6.45, 7) is 11.3. The number of methoxy groups -OCH3 is 1. The number of carbonyl (C=O) groups is 4. The van der Waals surface area contributed by atoms with E-state index in [-0.39, 0.29) is 70.8 Å². The van der Waals surface area contributed by atoms with E-state index in [9.17, 15) is 19.2 Å². The van der Waals surface area contributed by atoms with Crippen molar-refractivity contribution in [3.8, 4) is 23.0 Å². The summed E-state index contributed by atoms with van der Waals surface area (Å²) in [5, 5.41) is 8.76. The molecule has 6 aliphatic rings. The third kappa shape index (κ3) is 10.7. The smallest absolute Gasteiger partial charge is 0.319 e. The maximum absolute atomic E-state index is 17.8. The Morgan fingerprint density at radius 1 is 0.889 bits per heavy atom. The summed E-state index contributed by atoms with van der Waals surface area (Å²) in [6, 6.07) is 11.9. The third-order valence-corrected chi connectivity index (χ3v) is 17.7. The number of pyridine rings is 1. The number of aromatic nitrogens is 5. The molecule has 0 spiro atoms. The Bertz CT molecular complexity index is 3470. The predicted octanol–water partition coefficient (Wildman–Crippen LogP) is 7.08. The van der Waals surface area contributed by atoms with Crippen LogP contribution in [0.3, 0.4) is 0 Å². The van der Waals surface area contributed by atoms with Gasteiger partial charge in [0, 0.05) is 115 Å². The van der Waals surface area contributed by atoms with Crippen LogP contribution in [-0.4, -0.2) is 168 Å². The van der Waals surface area contributed by atoms with Gasteiger partial charge in [-0.3, -0.25) is 39.1 Å². The minimum Gasteiger partial charge on any atom is -0.468 e. The average molecular weight is 1130 g/mol. The lowest BCUT2D eigenvalue weighted by Crippen LogP contribution is -2.52. The summed E-state index contributed by atoms with van der Waals surface area (Å²) in [6.07, 6.45) is 7.26. The molecule has 1 N–H and O–H groups in total. The van der Waals surface area contributed by atoms with Crippen molar-refractivity contribution in [1.29, 1.82) is 0 Å². The van der Waals surface area contributed by atoms with Gasteiger partial charge in [-0.15, -0.1) is 0 Å². The van der Waals surface area contributed by atoms with Gasteiger partial charge in [-0.1, -0.05) is 24.6 Å². The summed E-state index contributed by atoms with van der Waals surface area (Å²) in [5.41, 5.74) is 4.03. The van der Waals surface area contributed by atoms with Gasteiger partial charge in [0.25, 0.3) is 11.8 Å². The van der Waals surface area contributed by atoms with E-state index in [1.165, 1.54) is 18.1 Å².